The fourth-order valence-electron chi connectivity index (χ4n) is 2.20. The molecule has 2 aromatic carbocycles. The van der Waals surface area contributed by atoms with Crippen molar-refractivity contribution in [1.82, 2.24) is 0 Å². The quantitative estimate of drug-likeness (QED) is 0.794. The molecule has 0 radical (unpaired) electrons. The van der Waals surface area contributed by atoms with Crippen molar-refractivity contribution >= 4 is 11.9 Å². The summed E-state index contributed by atoms with van der Waals surface area (Å²) in [5, 5.41) is 0. The maximum atomic E-state index is 12.0. The van der Waals surface area contributed by atoms with Gasteiger partial charge in [-0.15, -0.1) is 0 Å². The molecule has 1 aliphatic rings. The number of hydrogen-bond donors (Lipinski definition) is 0. The third-order valence-electron chi connectivity index (χ3n) is 3.47. The molecule has 23 heavy (non-hydrogen) atoms. The lowest BCUT2D eigenvalue weighted by Crippen LogP contribution is -2.22. The van der Waals surface area contributed by atoms with E-state index in [9.17, 15) is 9.59 Å². The predicted molar refractivity (Wildman–Crippen MR) is 82.0 cm³/mol. The molecule has 0 aliphatic carbocycles. The van der Waals surface area contributed by atoms with Crippen LogP contribution >= 0.6 is 0 Å². The lowest BCUT2D eigenvalue weighted by molar-refractivity contribution is -0.145. The molecule has 5 nitrogen and oxygen atoms in total. The molecule has 1 fully saturated rings. The van der Waals surface area contributed by atoms with Gasteiger partial charge in [0.05, 0.1) is 12.2 Å². The van der Waals surface area contributed by atoms with Crippen molar-refractivity contribution < 1.29 is 23.8 Å². The highest BCUT2D eigenvalue weighted by atomic mass is 16.6. The second-order valence-corrected chi connectivity index (χ2v) is 5.15. The summed E-state index contributed by atoms with van der Waals surface area (Å²) >= 11 is 0. The van der Waals surface area contributed by atoms with Crippen LogP contribution in [-0.4, -0.2) is 24.6 Å². The van der Waals surface area contributed by atoms with E-state index in [2.05, 4.69) is 0 Å². The number of esters is 2. The van der Waals surface area contributed by atoms with Gasteiger partial charge >= 0.3 is 11.9 Å². The summed E-state index contributed by atoms with van der Waals surface area (Å²) in [5.41, 5.74) is 1.33. The van der Waals surface area contributed by atoms with Crippen LogP contribution in [-0.2, 0) is 20.9 Å². The highest BCUT2D eigenvalue weighted by Crippen LogP contribution is 2.15. The minimum Gasteiger partial charge on any atom is -0.489 e. The Kier molecular flexibility index (Phi) is 4.57. The fourth-order valence-corrected chi connectivity index (χ4v) is 2.20. The fraction of sp³-hybridized carbons (Fsp3) is 0.222. The maximum Gasteiger partial charge on any atom is 0.347 e. The number of para-hydroxylation sites is 1. The molecule has 2 aromatic rings. The largest absolute Gasteiger partial charge is 0.489 e. The molecule has 0 aromatic heterocycles. The first-order valence-corrected chi connectivity index (χ1v) is 7.37. The summed E-state index contributed by atoms with van der Waals surface area (Å²) in [6.07, 6.45) is -0.378. The number of ether oxygens (including phenoxy) is 3. The van der Waals surface area contributed by atoms with Crippen molar-refractivity contribution in [3.05, 3.63) is 65.7 Å². The molecule has 3 rings (SSSR count). The molecule has 1 heterocycles. The summed E-state index contributed by atoms with van der Waals surface area (Å²) < 4.78 is 15.5. The lowest BCUT2D eigenvalue weighted by Gasteiger charge is -2.09. The number of carbonyl (C=O) groups is 2. The molecule has 0 saturated carbocycles. The molecule has 1 saturated heterocycles. The Hall–Kier alpha value is -2.82. The van der Waals surface area contributed by atoms with E-state index in [0.717, 1.165) is 11.3 Å². The molecule has 0 unspecified atom stereocenters. The van der Waals surface area contributed by atoms with Crippen LogP contribution in [0.3, 0.4) is 0 Å². The number of hydrogen-bond acceptors (Lipinski definition) is 5. The summed E-state index contributed by atoms with van der Waals surface area (Å²) in [4.78, 5) is 23.3. The lowest BCUT2D eigenvalue weighted by atomic mass is 10.1. The average molecular weight is 312 g/mol. The molecular weight excluding hydrogens is 296 g/mol. The van der Waals surface area contributed by atoms with Gasteiger partial charge < -0.3 is 14.2 Å². The van der Waals surface area contributed by atoms with E-state index in [0.29, 0.717) is 25.2 Å². The Balaban J connectivity index is 1.56. The van der Waals surface area contributed by atoms with E-state index in [1.54, 1.807) is 24.3 Å². The molecule has 0 N–H and O–H groups in total. The Morgan fingerprint density at radius 2 is 1.83 bits per heavy atom. The monoisotopic (exact) mass is 312 g/mol. The Bertz CT molecular complexity index is 678. The van der Waals surface area contributed by atoms with Crippen LogP contribution in [0.25, 0.3) is 0 Å². The van der Waals surface area contributed by atoms with Gasteiger partial charge in [0.15, 0.2) is 0 Å². The molecule has 1 aliphatic heterocycles. The van der Waals surface area contributed by atoms with E-state index in [4.69, 9.17) is 14.2 Å². The van der Waals surface area contributed by atoms with Crippen LogP contribution in [0, 0.1) is 0 Å². The first kappa shape index (κ1) is 15.1. The maximum absolute atomic E-state index is 12.0. The zero-order valence-corrected chi connectivity index (χ0v) is 12.4. The van der Waals surface area contributed by atoms with E-state index < -0.39 is 18.0 Å². The second-order valence-electron chi connectivity index (χ2n) is 5.15. The van der Waals surface area contributed by atoms with Gasteiger partial charge in [0, 0.05) is 6.42 Å². The van der Waals surface area contributed by atoms with Crippen LogP contribution in [0.2, 0.25) is 0 Å². The summed E-state index contributed by atoms with van der Waals surface area (Å²) in [5.74, 6) is -0.216. The van der Waals surface area contributed by atoms with Gasteiger partial charge in [0.2, 0.25) is 6.10 Å². The molecule has 0 bridgehead atoms. The summed E-state index contributed by atoms with van der Waals surface area (Å²) in [7, 11) is 0. The normalized spacial score (nSPS) is 16.7. The van der Waals surface area contributed by atoms with Crippen molar-refractivity contribution in [2.75, 3.05) is 6.61 Å². The first-order valence-electron chi connectivity index (χ1n) is 7.37. The van der Waals surface area contributed by atoms with E-state index in [1.807, 2.05) is 30.3 Å². The SMILES string of the molecule is O=C(O[C@@H]1CCOC1=O)c1ccc(COc2ccccc2)cc1. The second kappa shape index (κ2) is 6.96. The van der Waals surface area contributed by atoms with Gasteiger partial charge in [0.25, 0.3) is 0 Å². The first-order chi connectivity index (χ1) is 11.2. The topological polar surface area (TPSA) is 61.8 Å². The number of rotatable bonds is 5. The average Bonchev–Trinajstić information content (AvgIpc) is 2.99. The number of carbonyl (C=O) groups excluding carboxylic acids is 2. The van der Waals surface area contributed by atoms with Gasteiger partial charge in [-0.2, -0.15) is 0 Å². The van der Waals surface area contributed by atoms with E-state index in [-0.39, 0.29) is 0 Å². The Morgan fingerprint density at radius 1 is 1.09 bits per heavy atom. The standard InChI is InChI=1S/C18H16O5/c19-17(23-16-10-11-21-18(16)20)14-8-6-13(7-9-14)12-22-15-4-2-1-3-5-15/h1-9,16H,10-12H2/t16-/m1/s1. The van der Waals surface area contributed by atoms with Crippen LogP contribution < -0.4 is 4.74 Å². The third kappa shape index (κ3) is 3.88. The molecule has 118 valence electrons. The smallest absolute Gasteiger partial charge is 0.347 e. The zero-order chi connectivity index (χ0) is 16.1. The minimum atomic E-state index is -0.788. The van der Waals surface area contributed by atoms with Gasteiger partial charge in [-0.3, -0.25) is 0 Å². The predicted octanol–water partition coefficient (Wildman–Crippen LogP) is 2.74. The van der Waals surface area contributed by atoms with Crippen molar-refractivity contribution in [3.63, 3.8) is 0 Å². The highest BCUT2D eigenvalue weighted by molar-refractivity contribution is 5.91. The van der Waals surface area contributed by atoms with E-state index in [1.165, 1.54) is 0 Å². The molecular formula is C18H16O5. The third-order valence-corrected chi connectivity index (χ3v) is 3.47. The summed E-state index contributed by atoms with van der Waals surface area (Å²) in [6.45, 7) is 0.709. The van der Waals surface area contributed by atoms with Crippen molar-refractivity contribution in [1.29, 1.82) is 0 Å². The molecule has 0 amide bonds. The van der Waals surface area contributed by atoms with Crippen molar-refractivity contribution in [2.45, 2.75) is 19.1 Å². The van der Waals surface area contributed by atoms with Gasteiger partial charge in [-0.25, -0.2) is 9.59 Å². The van der Waals surface area contributed by atoms with Crippen molar-refractivity contribution in [3.8, 4) is 5.75 Å². The zero-order valence-electron chi connectivity index (χ0n) is 12.4. The Morgan fingerprint density at radius 3 is 2.48 bits per heavy atom. The number of benzene rings is 2. The van der Waals surface area contributed by atoms with Gasteiger partial charge in [-0.1, -0.05) is 30.3 Å². The van der Waals surface area contributed by atoms with E-state index >= 15 is 0 Å². The highest BCUT2D eigenvalue weighted by Gasteiger charge is 2.30. The van der Waals surface area contributed by atoms with Crippen LogP contribution in [0.1, 0.15) is 22.3 Å². The van der Waals surface area contributed by atoms with Gasteiger partial charge in [-0.05, 0) is 29.8 Å². The van der Waals surface area contributed by atoms with Crippen molar-refractivity contribution in [2.24, 2.45) is 0 Å². The molecule has 1 atom stereocenters. The van der Waals surface area contributed by atoms with Crippen LogP contribution in [0.15, 0.2) is 54.6 Å². The Labute approximate surface area is 133 Å². The number of cyclic esters (lactones) is 1. The van der Waals surface area contributed by atoms with Crippen LogP contribution in [0.5, 0.6) is 5.75 Å². The molecule has 5 heteroatoms. The minimum absolute atomic E-state index is 0.298. The van der Waals surface area contributed by atoms with Gasteiger partial charge in [0.1, 0.15) is 12.4 Å². The summed E-state index contributed by atoms with van der Waals surface area (Å²) in [6, 6.07) is 16.4. The molecule has 0 spiro atoms. The van der Waals surface area contributed by atoms with Crippen LogP contribution in [0.4, 0.5) is 0 Å².